The van der Waals surface area contributed by atoms with Crippen molar-refractivity contribution >= 4 is 11.7 Å². The summed E-state index contributed by atoms with van der Waals surface area (Å²) in [5, 5.41) is 0. The number of pyridine rings is 1. The topological polar surface area (TPSA) is 42.4 Å². The van der Waals surface area contributed by atoms with Gasteiger partial charge < -0.3 is 9.64 Å². The Morgan fingerprint density at radius 3 is 2.52 bits per heavy atom. The zero-order chi connectivity index (χ0) is 17.3. The van der Waals surface area contributed by atoms with Crippen molar-refractivity contribution in [1.29, 1.82) is 0 Å². The quantitative estimate of drug-likeness (QED) is 0.778. The van der Waals surface area contributed by atoms with Crippen molar-refractivity contribution in [2.45, 2.75) is 39.0 Å². The molecule has 2 heterocycles. The highest BCUT2D eigenvalue weighted by Gasteiger charge is 2.31. The van der Waals surface area contributed by atoms with Gasteiger partial charge in [0.25, 0.3) is 0 Å². The number of ether oxygens (including phenoxy) is 1. The molecule has 1 amide bonds. The van der Waals surface area contributed by atoms with Crippen LogP contribution >= 0.6 is 0 Å². The molecule has 23 heavy (non-hydrogen) atoms. The third-order valence-electron chi connectivity index (χ3n) is 3.28. The van der Waals surface area contributed by atoms with Gasteiger partial charge in [0, 0.05) is 19.3 Å². The first-order valence-corrected chi connectivity index (χ1v) is 7.27. The van der Waals surface area contributed by atoms with Crippen LogP contribution in [0.4, 0.5) is 18.0 Å². The van der Waals surface area contributed by atoms with E-state index in [1.54, 1.807) is 26.8 Å². The maximum Gasteiger partial charge on any atom is 0.416 e. The normalized spacial score (nSPS) is 16.1. The molecule has 1 aliphatic rings. The number of hydrogen-bond acceptors (Lipinski definition) is 3. The molecule has 0 unspecified atom stereocenters. The van der Waals surface area contributed by atoms with Crippen LogP contribution in [-0.2, 0) is 10.9 Å². The molecule has 0 aliphatic carbocycles. The Balaban J connectivity index is 2.09. The van der Waals surface area contributed by atoms with Crippen molar-refractivity contribution in [3.8, 4) is 0 Å². The molecule has 1 aliphatic heterocycles. The number of aromatic nitrogens is 1. The van der Waals surface area contributed by atoms with Crippen LogP contribution in [-0.4, -0.2) is 34.7 Å². The predicted octanol–water partition coefficient (Wildman–Crippen LogP) is 4.12. The minimum absolute atomic E-state index is 0.294. The molecule has 0 atom stereocenters. The zero-order valence-electron chi connectivity index (χ0n) is 13.3. The lowest BCUT2D eigenvalue weighted by Crippen LogP contribution is -2.39. The van der Waals surface area contributed by atoms with Crippen LogP contribution < -0.4 is 0 Å². The summed E-state index contributed by atoms with van der Waals surface area (Å²) in [7, 11) is 0. The van der Waals surface area contributed by atoms with E-state index in [0.29, 0.717) is 30.8 Å². The molecule has 0 fully saturated rings. The largest absolute Gasteiger partial charge is 0.444 e. The number of carbonyl (C=O) groups excluding carboxylic acids is 1. The van der Waals surface area contributed by atoms with E-state index in [0.717, 1.165) is 18.3 Å². The Bertz CT molecular complexity index is 618. The van der Waals surface area contributed by atoms with Gasteiger partial charge in [-0.2, -0.15) is 13.2 Å². The fourth-order valence-corrected chi connectivity index (χ4v) is 2.18. The monoisotopic (exact) mass is 328 g/mol. The van der Waals surface area contributed by atoms with Gasteiger partial charge >= 0.3 is 12.3 Å². The average molecular weight is 328 g/mol. The summed E-state index contributed by atoms with van der Waals surface area (Å²) in [6.45, 7) is 6.02. The molecule has 126 valence electrons. The second-order valence-corrected chi connectivity index (χ2v) is 6.33. The third-order valence-corrected chi connectivity index (χ3v) is 3.28. The fraction of sp³-hybridized carbons (Fsp3) is 0.500. The smallest absolute Gasteiger partial charge is 0.416 e. The molecular formula is C16H19F3N2O2. The maximum atomic E-state index is 12.7. The van der Waals surface area contributed by atoms with Gasteiger partial charge in [-0.15, -0.1) is 0 Å². The SMILES string of the molecule is CC(C)(C)OC(=O)N1CC=C(c2cc(C(F)(F)F)ccn2)CC1. The van der Waals surface area contributed by atoms with E-state index in [9.17, 15) is 18.0 Å². The number of rotatable bonds is 1. The zero-order valence-corrected chi connectivity index (χ0v) is 13.3. The predicted molar refractivity (Wildman–Crippen MR) is 79.6 cm³/mol. The lowest BCUT2D eigenvalue weighted by Gasteiger charge is -2.29. The van der Waals surface area contributed by atoms with E-state index < -0.39 is 23.4 Å². The molecule has 1 aromatic rings. The standard InChI is InChI=1S/C16H19F3N2O2/c1-15(2,3)23-14(22)21-8-5-11(6-9-21)13-10-12(4-7-20-13)16(17,18)19/h4-5,7,10H,6,8-9H2,1-3H3. The number of hydrogen-bond donors (Lipinski definition) is 0. The van der Waals surface area contributed by atoms with Gasteiger partial charge in [0.1, 0.15) is 5.60 Å². The molecule has 0 N–H and O–H groups in total. The van der Waals surface area contributed by atoms with Crippen molar-refractivity contribution in [2.75, 3.05) is 13.1 Å². The first-order valence-electron chi connectivity index (χ1n) is 7.27. The molecule has 7 heteroatoms. The van der Waals surface area contributed by atoms with Crippen LogP contribution in [0.15, 0.2) is 24.4 Å². The van der Waals surface area contributed by atoms with E-state index >= 15 is 0 Å². The summed E-state index contributed by atoms with van der Waals surface area (Å²) in [5.74, 6) is 0. The Hall–Kier alpha value is -2.05. The third kappa shape index (κ3) is 4.71. The van der Waals surface area contributed by atoms with Crippen molar-refractivity contribution in [2.24, 2.45) is 0 Å². The van der Waals surface area contributed by atoms with E-state index in [2.05, 4.69) is 4.98 Å². The maximum absolute atomic E-state index is 12.7. The van der Waals surface area contributed by atoms with E-state index in [1.165, 1.54) is 4.90 Å². The molecular weight excluding hydrogens is 309 g/mol. The molecule has 4 nitrogen and oxygen atoms in total. The summed E-state index contributed by atoms with van der Waals surface area (Å²) in [4.78, 5) is 17.5. The fourth-order valence-electron chi connectivity index (χ4n) is 2.18. The summed E-state index contributed by atoms with van der Waals surface area (Å²) in [6, 6.07) is 1.98. The molecule has 0 saturated heterocycles. The summed E-state index contributed by atoms with van der Waals surface area (Å²) >= 11 is 0. The molecule has 0 spiro atoms. The molecule has 0 bridgehead atoms. The first-order chi connectivity index (χ1) is 10.6. The van der Waals surface area contributed by atoms with Crippen LogP contribution in [0.5, 0.6) is 0 Å². The van der Waals surface area contributed by atoms with Crippen molar-refractivity contribution in [1.82, 2.24) is 9.88 Å². The highest BCUT2D eigenvalue weighted by molar-refractivity contribution is 5.72. The Labute approximate surface area is 133 Å². The van der Waals surface area contributed by atoms with Crippen LogP contribution in [0, 0.1) is 0 Å². The van der Waals surface area contributed by atoms with Crippen LogP contribution in [0.3, 0.4) is 0 Å². The highest BCUT2D eigenvalue weighted by atomic mass is 19.4. The molecule has 2 rings (SSSR count). The highest BCUT2D eigenvalue weighted by Crippen LogP contribution is 2.31. The summed E-state index contributed by atoms with van der Waals surface area (Å²) in [6.07, 6.45) is -1.51. The van der Waals surface area contributed by atoms with E-state index in [1.807, 2.05) is 0 Å². The number of amides is 1. The van der Waals surface area contributed by atoms with Crippen molar-refractivity contribution < 1.29 is 22.7 Å². The lowest BCUT2D eigenvalue weighted by molar-refractivity contribution is -0.137. The second kappa shape index (κ2) is 6.22. The molecule has 0 radical (unpaired) electrons. The van der Waals surface area contributed by atoms with Crippen molar-refractivity contribution in [3.63, 3.8) is 0 Å². The average Bonchev–Trinajstić information content (AvgIpc) is 2.45. The van der Waals surface area contributed by atoms with Gasteiger partial charge in [-0.3, -0.25) is 4.98 Å². The van der Waals surface area contributed by atoms with E-state index in [4.69, 9.17) is 4.74 Å². The Kier molecular flexibility index (Phi) is 4.68. The summed E-state index contributed by atoms with van der Waals surface area (Å²) in [5.41, 5.74) is -0.304. The number of halogens is 3. The summed E-state index contributed by atoms with van der Waals surface area (Å²) < 4.78 is 43.5. The van der Waals surface area contributed by atoms with Gasteiger partial charge in [0.15, 0.2) is 0 Å². The Morgan fingerprint density at radius 2 is 2.00 bits per heavy atom. The van der Waals surface area contributed by atoms with Crippen LogP contribution in [0.1, 0.15) is 38.4 Å². The molecule has 0 aromatic carbocycles. The molecule has 0 saturated carbocycles. The van der Waals surface area contributed by atoms with Gasteiger partial charge in [-0.05, 0) is 44.9 Å². The van der Waals surface area contributed by atoms with Crippen LogP contribution in [0.25, 0.3) is 5.57 Å². The van der Waals surface area contributed by atoms with Gasteiger partial charge in [-0.1, -0.05) is 6.08 Å². The van der Waals surface area contributed by atoms with Gasteiger partial charge in [0.05, 0.1) is 11.3 Å². The minimum atomic E-state index is -4.39. The molecule has 1 aromatic heterocycles. The van der Waals surface area contributed by atoms with Gasteiger partial charge in [0.2, 0.25) is 0 Å². The van der Waals surface area contributed by atoms with Gasteiger partial charge in [-0.25, -0.2) is 4.79 Å². The first kappa shape index (κ1) is 17.3. The van der Waals surface area contributed by atoms with E-state index in [-0.39, 0.29) is 0 Å². The minimum Gasteiger partial charge on any atom is -0.444 e. The Morgan fingerprint density at radius 1 is 1.30 bits per heavy atom. The number of carbonyl (C=O) groups is 1. The lowest BCUT2D eigenvalue weighted by atomic mass is 10.0. The number of nitrogens with zero attached hydrogens (tertiary/aromatic N) is 2. The van der Waals surface area contributed by atoms with Crippen LogP contribution in [0.2, 0.25) is 0 Å². The van der Waals surface area contributed by atoms with Crippen molar-refractivity contribution in [3.05, 3.63) is 35.7 Å². The number of alkyl halides is 3. The second-order valence-electron chi connectivity index (χ2n) is 6.33.